The van der Waals surface area contributed by atoms with Gasteiger partial charge in [0.25, 0.3) is 0 Å². The van der Waals surface area contributed by atoms with E-state index in [4.69, 9.17) is 22.2 Å². The SMILES string of the molecule is CC(C)(O/N=C(\C(=O)C[C@@H]1C(=O)N2C(c3nnn[n-]3)=C(C[N+]3(C)[C@@H]4CC[C@H]3CC(CC(=O)c3ccc(O)c(O)c3Cl)C4)CS[C@H]12)c1nsc(N)n1)C(=O)[O-].[Na+]. The molecule has 0 spiro atoms. The minimum atomic E-state index is -1.87. The predicted molar refractivity (Wildman–Crippen MR) is 192 cm³/mol. The van der Waals surface area contributed by atoms with E-state index in [9.17, 15) is 34.5 Å². The Morgan fingerprint density at radius 3 is 2.53 bits per heavy atom. The van der Waals surface area contributed by atoms with Crippen LogP contribution in [0.2, 0.25) is 5.02 Å². The van der Waals surface area contributed by atoms with Gasteiger partial charge in [0.1, 0.15) is 6.54 Å². The molecule has 0 saturated carbocycles. The second-order valence-electron chi connectivity index (χ2n) is 14.7. The number of β-lactam (4-membered cyclic amide) rings is 1. The largest absolute Gasteiger partial charge is 1.00 e. The number of oxime groups is 1. The summed E-state index contributed by atoms with van der Waals surface area (Å²) in [6, 6.07) is 3.18. The van der Waals surface area contributed by atoms with Crippen LogP contribution in [0, 0.1) is 11.8 Å². The van der Waals surface area contributed by atoms with Gasteiger partial charge in [-0.15, -0.1) is 11.8 Å². The summed E-state index contributed by atoms with van der Waals surface area (Å²) in [6.07, 6.45) is 3.53. The van der Waals surface area contributed by atoms with Crippen molar-refractivity contribution in [3.8, 4) is 11.5 Å². The van der Waals surface area contributed by atoms with Crippen molar-refractivity contribution in [1.82, 2.24) is 34.9 Å². The van der Waals surface area contributed by atoms with E-state index in [0.29, 0.717) is 22.5 Å². The van der Waals surface area contributed by atoms with Gasteiger partial charge in [-0.1, -0.05) is 16.8 Å². The van der Waals surface area contributed by atoms with Crippen LogP contribution in [0.15, 0.2) is 22.9 Å². The number of fused-ring (bicyclic) bond motifs is 3. The number of Topliss-reactive ketones (excluding diaryl/α,β-unsaturated/α-hetero) is 2. The first kappa shape index (κ1) is 41.0. The van der Waals surface area contributed by atoms with E-state index in [1.807, 2.05) is 0 Å². The molecule has 7 rings (SSSR count). The van der Waals surface area contributed by atoms with Gasteiger partial charge in [0.2, 0.25) is 11.7 Å². The molecule has 6 atom stereocenters. The summed E-state index contributed by atoms with van der Waals surface area (Å²) < 4.78 is 4.76. The van der Waals surface area contributed by atoms with E-state index in [1.54, 1.807) is 4.90 Å². The number of aliphatic carboxylic acids is 1. The molecule has 3 saturated heterocycles. The second kappa shape index (κ2) is 15.7. The molecule has 6 heterocycles. The van der Waals surface area contributed by atoms with Gasteiger partial charge in [-0.05, 0) is 31.9 Å². The number of ketones is 2. The molecule has 4 N–H and O–H groups in total. The number of piperidine rings is 1. The number of quaternary nitrogens is 1. The van der Waals surface area contributed by atoms with Crippen molar-refractivity contribution in [1.29, 1.82) is 0 Å². The van der Waals surface area contributed by atoms with E-state index in [0.717, 1.165) is 42.8 Å². The standard InChI is InChI=1S/C33H37ClN10O8S2.Na/c1-33(2,31(50)51)52-39-24(27-36-32(35)54-40-27)22(47)11-19-29(49)43-25(28-37-41-42-38-28)15(13-53-30(19)43)12-44(3)16-4-5-17(44)9-14(8-16)10-21(46)18-6-7-20(45)26(48)23(18)34;/h6-7,14,16-17,19,30H,4-5,8-13H2,1-3H3,(H5-,35,36,37,38,39,40,41,42,45,46,47,48,50,51);/q;+1/p-1/t14?,16-,17+,19-,30-,44?;/m1./s1. The molecule has 3 aromatic rings. The van der Waals surface area contributed by atoms with Crippen molar-refractivity contribution in [3.05, 3.63) is 39.9 Å². The molecule has 1 amide bonds. The summed E-state index contributed by atoms with van der Waals surface area (Å²) in [7, 11) is 2.21. The number of tetrazole rings is 1. The molecule has 0 radical (unpaired) electrons. The summed E-state index contributed by atoms with van der Waals surface area (Å²) in [5, 5.41) is 50.2. The number of benzene rings is 1. The number of phenols is 2. The topological polar surface area (TPSA) is 261 Å². The number of nitrogens with two attached hydrogens (primary N) is 1. The van der Waals surface area contributed by atoms with E-state index < -0.39 is 34.4 Å². The Hall–Kier alpha value is -3.66. The third-order valence-corrected chi connectivity index (χ3v) is 13.3. The van der Waals surface area contributed by atoms with Crippen molar-refractivity contribution in [2.75, 3.05) is 25.1 Å². The van der Waals surface area contributed by atoms with Crippen LogP contribution in [0.25, 0.3) is 5.70 Å². The minimum absolute atomic E-state index is 0. The summed E-state index contributed by atoms with van der Waals surface area (Å²) >= 11 is 8.53. The number of nitrogen functional groups attached to an aromatic ring is 1. The zero-order valence-electron chi connectivity index (χ0n) is 30.3. The third kappa shape index (κ3) is 7.61. The first-order valence-corrected chi connectivity index (χ1v) is 19.3. The number of carboxylic acids is 1. The van der Waals surface area contributed by atoms with Crippen LogP contribution >= 0.6 is 34.9 Å². The molecule has 2 aromatic heterocycles. The maximum Gasteiger partial charge on any atom is 1.00 e. The monoisotopic (exact) mass is 822 g/mol. The van der Waals surface area contributed by atoms with Gasteiger partial charge in [-0.2, -0.15) is 14.6 Å². The summed E-state index contributed by atoms with van der Waals surface area (Å²) in [5.41, 5.74) is 5.16. The van der Waals surface area contributed by atoms with Gasteiger partial charge >= 0.3 is 29.6 Å². The van der Waals surface area contributed by atoms with Crippen molar-refractivity contribution >= 4 is 74.9 Å². The number of halogens is 1. The number of likely N-dealkylation sites (N-methyl/N-ethyl adjacent to an activating group) is 1. The summed E-state index contributed by atoms with van der Waals surface area (Å²) in [5.74, 6) is -3.67. The number of amides is 1. The number of anilines is 1. The number of carbonyl (C=O) groups is 4. The number of aromatic nitrogens is 6. The van der Waals surface area contributed by atoms with Crippen LogP contribution < -0.4 is 45.5 Å². The fourth-order valence-corrected chi connectivity index (χ4v) is 10.2. The van der Waals surface area contributed by atoms with Crippen LogP contribution in [-0.4, -0.2) is 116 Å². The summed E-state index contributed by atoms with van der Waals surface area (Å²) in [4.78, 5) is 63.1. The van der Waals surface area contributed by atoms with E-state index in [2.05, 4.69) is 42.2 Å². The van der Waals surface area contributed by atoms with Crippen LogP contribution in [0.3, 0.4) is 0 Å². The molecule has 4 aliphatic rings. The minimum Gasteiger partial charge on any atom is -0.546 e. The molecule has 4 aliphatic heterocycles. The average molecular weight is 823 g/mol. The molecule has 22 heteroatoms. The van der Waals surface area contributed by atoms with Gasteiger partial charge in [0, 0.05) is 66.9 Å². The van der Waals surface area contributed by atoms with Gasteiger partial charge in [0.15, 0.2) is 39.5 Å². The number of thioether (sulfide) groups is 1. The number of carbonyl (C=O) groups excluding carboxylic acids is 4. The molecular formula is C33H36ClN10NaO8S2. The predicted octanol–water partition coefficient (Wildman–Crippen LogP) is -1.86. The molecule has 0 aliphatic carbocycles. The Labute approximate surface area is 349 Å². The van der Waals surface area contributed by atoms with Crippen LogP contribution in [0.1, 0.15) is 74.4 Å². The van der Waals surface area contributed by atoms with E-state index in [-0.39, 0.29) is 111 Å². The van der Waals surface area contributed by atoms with Crippen molar-refractivity contribution in [2.24, 2.45) is 17.0 Å². The first-order valence-electron chi connectivity index (χ1n) is 17.1. The number of phenolic OH excluding ortho intramolecular Hbond substituents is 2. The van der Waals surface area contributed by atoms with Crippen molar-refractivity contribution in [3.63, 3.8) is 0 Å². The Kier molecular flexibility index (Phi) is 11.7. The second-order valence-corrected chi connectivity index (χ2v) is 17.0. The zero-order chi connectivity index (χ0) is 38.7. The number of rotatable bonds is 13. The normalized spacial score (nSPS) is 26.3. The van der Waals surface area contributed by atoms with Gasteiger partial charge in [0.05, 0.1) is 52.9 Å². The summed E-state index contributed by atoms with van der Waals surface area (Å²) in [6.45, 7) is 3.03. The molecule has 55 heavy (non-hydrogen) atoms. The molecule has 2 bridgehead atoms. The Morgan fingerprint density at radius 2 is 1.91 bits per heavy atom. The first-order chi connectivity index (χ1) is 25.6. The van der Waals surface area contributed by atoms with Crippen molar-refractivity contribution in [2.45, 2.75) is 75.4 Å². The maximum atomic E-state index is 13.9. The number of nitrogens with zero attached hydrogens (tertiary/aromatic N) is 9. The Bertz CT molecular complexity index is 2080. The van der Waals surface area contributed by atoms with Crippen molar-refractivity contribution < 1.29 is 73.4 Å². The molecule has 286 valence electrons. The molecule has 3 fully saturated rings. The van der Waals surface area contributed by atoms with Gasteiger partial charge in [-0.25, -0.2) is 0 Å². The molecule has 1 aromatic carbocycles. The molecule has 18 nitrogen and oxygen atoms in total. The van der Waals surface area contributed by atoms with Gasteiger partial charge < -0.3 is 40.3 Å². The van der Waals surface area contributed by atoms with Gasteiger partial charge in [-0.3, -0.25) is 29.6 Å². The molecule has 2 unspecified atom stereocenters. The fourth-order valence-electron chi connectivity index (χ4n) is 8.07. The van der Waals surface area contributed by atoms with E-state index in [1.165, 1.54) is 37.7 Å². The number of aromatic hydroxyl groups is 2. The van der Waals surface area contributed by atoms with Crippen LogP contribution in [0.4, 0.5) is 5.13 Å². The molecular weight excluding hydrogens is 787 g/mol. The number of hydrogen-bond donors (Lipinski definition) is 3. The average Bonchev–Trinajstić information content (AvgIpc) is 3.84. The van der Waals surface area contributed by atoms with E-state index >= 15 is 0 Å². The number of carboxylic acid groups (broad SMARTS) is 1. The smallest absolute Gasteiger partial charge is 0.546 e. The maximum absolute atomic E-state index is 13.9. The quantitative estimate of drug-likeness (QED) is 0.0325. The Morgan fingerprint density at radius 1 is 1.20 bits per heavy atom. The fraction of sp³-hybridized carbons (Fsp3) is 0.515. The van der Waals surface area contributed by atoms with Crippen LogP contribution in [-0.2, 0) is 19.2 Å². The Balaban J connectivity index is 0.00000514. The third-order valence-electron chi connectivity index (χ3n) is 11.0. The zero-order valence-corrected chi connectivity index (χ0v) is 34.7. The van der Waals surface area contributed by atoms with Crippen LogP contribution in [0.5, 0.6) is 11.5 Å². The number of hydrogen-bond acceptors (Lipinski definition) is 17.